The van der Waals surface area contributed by atoms with Gasteiger partial charge in [0, 0.05) is 49.9 Å². The molecule has 3 heterocycles. The smallest absolute Gasteiger partial charge is 0.251 e. The van der Waals surface area contributed by atoms with E-state index in [-0.39, 0.29) is 42.1 Å². The molecule has 2 amide bonds. The van der Waals surface area contributed by atoms with Gasteiger partial charge in [-0.25, -0.2) is 0 Å². The number of hydrogen-bond acceptors (Lipinski definition) is 6. The van der Waals surface area contributed by atoms with Crippen molar-refractivity contribution >= 4 is 23.3 Å². The number of nitrogens with one attached hydrogen (secondary N) is 1. The van der Waals surface area contributed by atoms with Crippen molar-refractivity contribution in [2.75, 3.05) is 51.3 Å². The number of likely N-dealkylation sites (N-methyl/N-ethyl adjacent to an activating group) is 1. The number of anilines is 1. The number of benzene rings is 1. The van der Waals surface area contributed by atoms with Gasteiger partial charge >= 0.3 is 0 Å². The van der Waals surface area contributed by atoms with Crippen LogP contribution in [0.3, 0.4) is 0 Å². The number of nitrogens with zero attached hydrogens (tertiary/aromatic N) is 3. The zero-order valence-corrected chi connectivity index (χ0v) is 22.6. The van der Waals surface area contributed by atoms with Crippen LogP contribution in [0.2, 0.25) is 0 Å². The van der Waals surface area contributed by atoms with Crippen molar-refractivity contribution in [3.8, 4) is 0 Å². The van der Waals surface area contributed by atoms with Crippen molar-refractivity contribution in [2.24, 2.45) is 17.3 Å². The minimum absolute atomic E-state index is 0.0459. The monoisotopic (exact) mass is 498 g/mol. The Bertz CT molecular complexity index is 968. The van der Waals surface area contributed by atoms with E-state index in [2.05, 4.69) is 36.0 Å². The number of carbonyl (C=O) groups excluding carboxylic acids is 3. The van der Waals surface area contributed by atoms with Gasteiger partial charge in [0.1, 0.15) is 18.7 Å². The van der Waals surface area contributed by atoms with E-state index in [9.17, 15) is 14.4 Å². The molecule has 8 nitrogen and oxygen atoms in total. The lowest BCUT2D eigenvalue weighted by atomic mass is 9.80. The van der Waals surface area contributed by atoms with Crippen molar-refractivity contribution in [1.29, 1.82) is 0 Å². The first-order chi connectivity index (χ1) is 17.0. The van der Waals surface area contributed by atoms with Crippen LogP contribution in [0.15, 0.2) is 24.3 Å². The standard InChI is InChI=1S/C28H42N4O4/c1-7-28(4,5)25(27(35)32-16-21(18(2)3)24-23(32)22(33)17-36-24)29-26(34)19-8-10-20(11-9-19)31-14-12-30(6)13-15-31/h8-11,18,21,23-25H,7,12-17H2,1-6H3,(H,29,34)/t21-,23-,24-,25-/m1/s1. The largest absolute Gasteiger partial charge is 0.369 e. The van der Waals surface area contributed by atoms with Crippen molar-refractivity contribution in [3.63, 3.8) is 0 Å². The van der Waals surface area contributed by atoms with Crippen LogP contribution in [-0.4, -0.2) is 92.0 Å². The van der Waals surface area contributed by atoms with Gasteiger partial charge in [-0.3, -0.25) is 14.4 Å². The summed E-state index contributed by atoms with van der Waals surface area (Å²) in [7, 11) is 2.13. The van der Waals surface area contributed by atoms with E-state index in [1.54, 1.807) is 4.90 Å². The quantitative estimate of drug-likeness (QED) is 0.622. The predicted octanol–water partition coefficient (Wildman–Crippen LogP) is 2.42. The molecular weight excluding hydrogens is 456 g/mol. The molecule has 0 unspecified atom stereocenters. The van der Waals surface area contributed by atoms with Crippen LogP contribution in [0.1, 0.15) is 51.4 Å². The van der Waals surface area contributed by atoms with Gasteiger partial charge in [-0.1, -0.05) is 34.6 Å². The zero-order chi connectivity index (χ0) is 26.2. The molecular formula is C28H42N4O4. The van der Waals surface area contributed by atoms with Crippen molar-refractivity contribution < 1.29 is 19.1 Å². The Hall–Kier alpha value is -2.45. The SMILES string of the molecule is CCC(C)(C)[C@H](NC(=O)c1ccc(N2CCN(C)CC2)cc1)C(=O)N1C[C@H](C(C)C)[C@H]2OCC(=O)[C@H]21. The second-order valence-electron chi connectivity index (χ2n) is 11.7. The third-order valence-electron chi connectivity index (χ3n) is 8.58. The number of rotatable bonds is 7. The van der Waals surface area contributed by atoms with Crippen LogP contribution >= 0.6 is 0 Å². The summed E-state index contributed by atoms with van der Waals surface area (Å²) in [6, 6.07) is 6.33. The number of amides is 2. The second kappa shape index (κ2) is 10.5. The Morgan fingerprint density at radius 2 is 1.75 bits per heavy atom. The van der Waals surface area contributed by atoms with Crippen LogP contribution in [0.25, 0.3) is 0 Å². The highest BCUT2D eigenvalue weighted by atomic mass is 16.5. The first-order valence-electron chi connectivity index (χ1n) is 13.3. The zero-order valence-electron chi connectivity index (χ0n) is 22.6. The molecule has 0 aromatic heterocycles. The maximum atomic E-state index is 14.0. The Morgan fingerprint density at radius 3 is 2.33 bits per heavy atom. The highest BCUT2D eigenvalue weighted by Gasteiger charge is 2.54. The Balaban J connectivity index is 1.51. The van der Waals surface area contributed by atoms with Gasteiger partial charge in [0.25, 0.3) is 5.91 Å². The van der Waals surface area contributed by atoms with E-state index in [0.29, 0.717) is 18.5 Å². The van der Waals surface area contributed by atoms with Crippen LogP contribution in [-0.2, 0) is 14.3 Å². The van der Waals surface area contributed by atoms with Crippen LogP contribution in [0.4, 0.5) is 5.69 Å². The van der Waals surface area contributed by atoms with Gasteiger partial charge < -0.3 is 24.8 Å². The highest BCUT2D eigenvalue weighted by Crippen LogP contribution is 2.38. The average molecular weight is 499 g/mol. The number of ether oxygens (including phenoxy) is 1. The van der Waals surface area contributed by atoms with Gasteiger partial charge in [0.2, 0.25) is 5.91 Å². The van der Waals surface area contributed by atoms with Crippen molar-refractivity contribution in [1.82, 2.24) is 15.1 Å². The summed E-state index contributed by atoms with van der Waals surface area (Å²) in [6.45, 7) is 14.7. The van der Waals surface area contributed by atoms with Gasteiger partial charge in [-0.15, -0.1) is 0 Å². The van der Waals surface area contributed by atoms with Gasteiger partial charge in [0.05, 0.1) is 6.10 Å². The van der Waals surface area contributed by atoms with Gasteiger partial charge in [-0.2, -0.15) is 0 Å². The minimum Gasteiger partial charge on any atom is -0.369 e. The first-order valence-corrected chi connectivity index (χ1v) is 13.3. The molecule has 1 aromatic carbocycles. The molecule has 1 aromatic rings. The molecule has 4 atom stereocenters. The van der Waals surface area contributed by atoms with Crippen molar-refractivity contribution in [3.05, 3.63) is 29.8 Å². The third kappa shape index (κ3) is 5.16. The Kier molecular flexibility index (Phi) is 7.76. The molecule has 8 heteroatoms. The summed E-state index contributed by atoms with van der Waals surface area (Å²) in [5, 5.41) is 3.04. The summed E-state index contributed by atoms with van der Waals surface area (Å²) in [5.74, 6) is -0.123. The predicted molar refractivity (Wildman–Crippen MR) is 140 cm³/mol. The van der Waals surface area contributed by atoms with Crippen LogP contribution in [0.5, 0.6) is 0 Å². The number of likely N-dealkylation sites (tertiary alicyclic amines) is 1. The number of hydrogen-bond donors (Lipinski definition) is 1. The van der Waals surface area contributed by atoms with Gasteiger partial charge in [-0.05, 0) is 49.1 Å². The third-order valence-corrected chi connectivity index (χ3v) is 8.58. The maximum Gasteiger partial charge on any atom is 0.251 e. The Labute approximate surface area is 215 Å². The number of carbonyl (C=O) groups is 3. The summed E-state index contributed by atoms with van der Waals surface area (Å²) < 4.78 is 5.82. The molecule has 0 aliphatic carbocycles. The topological polar surface area (TPSA) is 82.2 Å². The van der Waals surface area contributed by atoms with E-state index in [4.69, 9.17) is 4.74 Å². The molecule has 0 spiro atoms. The molecule has 3 aliphatic rings. The summed E-state index contributed by atoms with van der Waals surface area (Å²) >= 11 is 0. The van der Waals surface area contributed by atoms with E-state index in [1.165, 1.54) is 0 Å². The second-order valence-corrected chi connectivity index (χ2v) is 11.7. The highest BCUT2D eigenvalue weighted by molar-refractivity contribution is 5.99. The fourth-order valence-electron chi connectivity index (χ4n) is 5.57. The van der Waals surface area contributed by atoms with Crippen LogP contribution in [0, 0.1) is 17.3 Å². The normalized spacial score (nSPS) is 25.9. The molecule has 1 N–H and O–H groups in total. The molecule has 3 aliphatic heterocycles. The van der Waals surface area contributed by atoms with Crippen LogP contribution < -0.4 is 10.2 Å². The number of ketones is 1. The van der Waals surface area contributed by atoms with Gasteiger partial charge in [0.15, 0.2) is 5.78 Å². The summed E-state index contributed by atoms with van der Waals surface area (Å²) in [6.07, 6.45) is 0.441. The van der Waals surface area contributed by atoms with E-state index in [0.717, 1.165) is 31.9 Å². The van der Waals surface area contributed by atoms with Crippen molar-refractivity contribution in [2.45, 2.75) is 59.2 Å². The molecule has 3 fully saturated rings. The van der Waals surface area contributed by atoms with E-state index in [1.807, 2.05) is 45.0 Å². The molecule has 3 saturated heterocycles. The number of piperazine rings is 1. The fraction of sp³-hybridized carbons (Fsp3) is 0.679. The lowest BCUT2D eigenvalue weighted by molar-refractivity contribution is -0.140. The molecule has 36 heavy (non-hydrogen) atoms. The molecule has 0 radical (unpaired) electrons. The lowest BCUT2D eigenvalue weighted by Crippen LogP contribution is -2.57. The minimum atomic E-state index is -0.743. The number of Topliss-reactive ketones (excluding diaryl/α,β-unsaturated/α-hetero) is 1. The van der Waals surface area contributed by atoms with E-state index >= 15 is 0 Å². The molecule has 0 saturated carbocycles. The first kappa shape index (κ1) is 26.6. The molecule has 4 rings (SSSR count). The summed E-state index contributed by atoms with van der Waals surface area (Å²) in [4.78, 5) is 46.3. The maximum absolute atomic E-state index is 14.0. The van der Waals surface area contributed by atoms with E-state index < -0.39 is 17.5 Å². The summed E-state index contributed by atoms with van der Waals surface area (Å²) in [5.41, 5.74) is 1.14. The lowest BCUT2D eigenvalue weighted by Gasteiger charge is -2.37. The number of fused-ring (bicyclic) bond motifs is 1. The molecule has 0 bridgehead atoms. The average Bonchev–Trinajstić information content (AvgIpc) is 3.43. The molecule has 198 valence electrons. The Morgan fingerprint density at radius 1 is 1.11 bits per heavy atom. The fourth-order valence-corrected chi connectivity index (χ4v) is 5.57.